The third-order valence-corrected chi connectivity index (χ3v) is 10.5. The predicted molar refractivity (Wildman–Crippen MR) is 122 cm³/mol. The second-order valence-corrected chi connectivity index (χ2v) is 12.0. The van der Waals surface area contributed by atoms with Crippen molar-refractivity contribution in [2.24, 2.45) is 53.3 Å². The van der Waals surface area contributed by atoms with Gasteiger partial charge in [-0.05, 0) is 91.8 Å². The standard InChI is InChI=1S/C28H50/c1-20(18-19-23-12-5-4-11-21(23)2)10-8-15-24-22(3)25-16-9-17-27(25)28-14-7-6-13-26(24)28/h20-28H,4-19H2,1-3H3. The molecule has 0 amide bonds. The highest BCUT2D eigenvalue weighted by Gasteiger charge is 2.49. The molecule has 0 saturated heterocycles. The van der Waals surface area contributed by atoms with Gasteiger partial charge in [-0.25, -0.2) is 0 Å². The largest absolute Gasteiger partial charge is 0.0625 e. The van der Waals surface area contributed by atoms with E-state index in [2.05, 4.69) is 20.8 Å². The molecule has 9 atom stereocenters. The molecule has 28 heavy (non-hydrogen) atoms. The minimum Gasteiger partial charge on any atom is -0.0625 e. The van der Waals surface area contributed by atoms with Crippen molar-refractivity contribution in [1.82, 2.24) is 0 Å². The molecule has 0 heteroatoms. The van der Waals surface area contributed by atoms with Crippen LogP contribution in [0.25, 0.3) is 0 Å². The Hall–Kier alpha value is 0. The van der Waals surface area contributed by atoms with Crippen LogP contribution >= 0.6 is 0 Å². The fourth-order valence-corrected chi connectivity index (χ4v) is 8.80. The molecule has 4 saturated carbocycles. The smallest absolute Gasteiger partial charge is 0.0352 e. The van der Waals surface area contributed by atoms with Gasteiger partial charge in [-0.1, -0.05) is 85.0 Å². The maximum absolute atomic E-state index is 2.67. The Bertz CT molecular complexity index is 467. The molecule has 0 nitrogen and oxygen atoms in total. The molecule has 162 valence electrons. The molecule has 0 aromatic rings. The van der Waals surface area contributed by atoms with E-state index in [1.54, 1.807) is 44.9 Å². The van der Waals surface area contributed by atoms with Gasteiger partial charge in [0.15, 0.2) is 0 Å². The van der Waals surface area contributed by atoms with Crippen LogP contribution in [0.3, 0.4) is 0 Å². The Morgan fingerprint density at radius 3 is 2.11 bits per heavy atom. The Balaban J connectivity index is 1.24. The molecule has 4 aliphatic carbocycles. The highest BCUT2D eigenvalue weighted by molar-refractivity contribution is 4.99. The molecule has 9 unspecified atom stereocenters. The summed E-state index contributed by atoms with van der Waals surface area (Å²) in [5.74, 6) is 9.62. The molecular weight excluding hydrogens is 336 g/mol. The van der Waals surface area contributed by atoms with Gasteiger partial charge in [0.1, 0.15) is 0 Å². The highest BCUT2D eigenvalue weighted by Crippen LogP contribution is 2.58. The van der Waals surface area contributed by atoms with Crippen molar-refractivity contribution in [3.05, 3.63) is 0 Å². The van der Waals surface area contributed by atoms with Crippen LogP contribution in [0.2, 0.25) is 0 Å². The number of hydrogen-bond acceptors (Lipinski definition) is 0. The van der Waals surface area contributed by atoms with Crippen molar-refractivity contribution >= 4 is 0 Å². The average molecular weight is 387 g/mol. The monoisotopic (exact) mass is 386 g/mol. The van der Waals surface area contributed by atoms with Gasteiger partial charge in [0.25, 0.3) is 0 Å². The van der Waals surface area contributed by atoms with Gasteiger partial charge in [-0.3, -0.25) is 0 Å². The van der Waals surface area contributed by atoms with Crippen LogP contribution < -0.4 is 0 Å². The SMILES string of the molecule is CC(CCCC1C(C)C2CCCC2C2CCCCC12)CCC1CCCCC1C. The summed E-state index contributed by atoms with van der Waals surface area (Å²) in [7, 11) is 0. The van der Waals surface area contributed by atoms with Gasteiger partial charge in [-0.2, -0.15) is 0 Å². The molecule has 0 aliphatic heterocycles. The quantitative estimate of drug-likeness (QED) is 0.409. The van der Waals surface area contributed by atoms with Crippen LogP contribution in [0.4, 0.5) is 0 Å². The Morgan fingerprint density at radius 1 is 0.643 bits per heavy atom. The molecule has 4 aliphatic rings. The normalized spacial score (nSPS) is 44.7. The molecule has 0 aromatic heterocycles. The summed E-state index contributed by atoms with van der Waals surface area (Å²) in [6.07, 6.45) is 24.6. The molecule has 0 aromatic carbocycles. The van der Waals surface area contributed by atoms with E-state index >= 15 is 0 Å². The van der Waals surface area contributed by atoms with Gasteiger partial charge >= 0.3 is 0 Å². The van der Waals surface area contributed by atoms with E-state index in [1.807, 2.05) is 0 Å². The summed E-state index contributed by atoms with van der Waals surface area (Å²) in [4.78, 5) is 0. The molecule has 0 bridgehead atoms. The van der Waals surface area contributed by atoms with E-state index in [0.717, 1.165) is 53.3 Å². The summed E-state index contributed by atoms with van der Waals surface area (Å²) in [5, 5.41) is 0. The topological polar surface area (TPSA) is 0 Å². The maximum atomic E-state index is 2.67. The molecule has 0 heterocycles. The molecule has 0 spiro atoms. The van der Waals surface area contributed by atoms with Gasteiger partial charge in [0.2, 0.25) is 0 Å². The van der Waals surface area contributed by atoms with Gasteiger partial charge in [0, 0.05) is 0 Å². The van der Waals surface area contributed by atoms with Crippen molar-refractivity contribution in [2.45, 2.75) is 124 Å². The minimum atomic E-state index is 0.967. The zero-order chi connectivity index (χ0) is 19.5. The minimum absolute atomic E-state index is 0.967. The zero-order valence-corrected chi connectivity index (χ0v) is 19.5. The van der Waals surface area contributed by atoms with Crippen LogP contribution in [-0.4, -0.2) is 0 Å². The Labute approximate surface area is 177 Å². The summed E-state index contributed by atoms with van der Waals surface area (Å²) in [6, 6.07) is 0. The van der Waals surface area contributed by atoms with Gasteiger partial charge in [-0.15, -0.1) is 0 Å². The lowest BCUT2D eigenvalue weighted by molar-refractivity contribution is -0.0264. The average Bonchev–Trinajstić information content (AvgIpc) is 3.20. The number of hydrogen-bond donors (Lipinski definition) is 0. The second kappa shape index (κ2) is 9.87. The van der Waals surface area contributed by atoms with Crippen molar-refractivity contribution in [1.29, 1.82) is 0 Å². The molecule has 4 fully saturated rings. The van der Waals surface area contributed by atoms with Crippen molar-refractivity contribution in [3.8, 4) is 0 Å². The van der Waals surface area contributed by atoms with E-state index in [0.29, 0.717) is 0 Å². The first-order valence-corrected chi connectivity index (χ1v) is 13.6. The van der Waals surface area contributed by atoms with Crippen LogP contribution in [0.15, 0.2) is 0 Å². The lowest BCUT2D eigenvalue weighted by atomic mass is 9.54. The van der Waals surface area contributed by atoms with E-state index in [-0.39, 0.29) is 0 Å². The molecule has 4 rings (SSSR count). The Kier molecular flexibility index (Phi) is 7.49. The first-order chi connectivity index (χ1) is 13.6. The van der Waals surface area contributed by atoms with Crippen LogP contribution in [0, 0.1) is 53.3 Å². The first kappa shape index (κ1) is 21.2. The third kappa shape index (κ3) is 4.67. The summed E-state index contributed by atoms with van der Waals surface area (Å²) in [6.45, 7) is 7.76. The highest BCUT2D eigenvalue weighted by atomic mass is 14.5. The maximum Gasteiger partial charge on any atom is -0.0352 e. The number of rotatable bonds is 7. The van der Waals surface area contributed by atoms with E-state index in [4.69, 9.17) is 0 Å². The fourth-order valence-electron chi connectivity index (χ4n) is 8.80. The Morgan fingerprint density at radius 2 is 1.29 bits per heavy atom. The fraction of sp³-hybridized carbons (Fsp3) is 1.00. The number of fused-ring (bicyclic) bond motifs is 3. The summed E-state index contributed by atoms with van der Waals surface area (Å²) >= 11 is 0. The third-order valence-electron chi connectivity index (χ3n) is 10.5. The summed E-state index contributed by atoms with van der Waals surface area (Å²) < 4.78 is 0. The molecule has 0 N–H and O–H groups in total. The van der Waals surface area contributed by atoms with Gasteiger partial charge in [0.05, 0.1) is 0 Å². The van der Waals surface area contributed by atoms with Crippen LogP contribution in [0.1, 0.15) is 124 Å². The van der Waals surface area contributed by atoms with E-state index in [9.17, 15) is 0 Å². The first-order valence-electron chi connectivity index (χ1n) is 13.6. The molecule has 0 radical (unpaired) electrons. The molecular formula is C28H50. The van der Waals surface area contributed by atoms with E-state index < -0.39 is 0 Å². The van der Waals surface area contributed by atoms with Crippen LogP contribution in [0.5, 0.6) is 0 Å². The lowest BCUT2D eigenvalue weighted by Crippen LogP contribution is -2.44. The van der Waals surface area contributed by atoms with E-state index in [1.165, 1.54) is 57.8 Å². The van der Waals surface area contributed by atoms with Crippen molar-refractivity contribution in [3.63, 3.8) is 0 Å². The van der Waals surface area contributed by atoms with Crippen LogP contribution in [-0.2, 0) is 0 Å². The second-order valence-electron chi connectivity index (χ2n) is 12.0. The predicted octanol–water partition coefficient (Wildman–Crippen LogP) is 8.89. The lowest BCUT2D eigenvalue weighted by Gasteiger charge is -2.51. The van der Waals surface area contributed by atoms with Crippen molar-refractivity contribution < 1.29 is 0 Å². The zero-order valence-electron chi connectivity index (χ0n) is 19.5. The summed E-state index contributed by atoms with van der Waals surface area (Å²) in [5.41, 5.74) is 0. The van der Waals surface area contributed by atoms with Gasteiger partial charge < -0.3 is 0 Å². The van der Waals surface area contributed by atoms with Crippen molar-refractivity contribution in [2.75, 3.05) is 0 Å².